The number of hydrogen-bond donors (Lipinski definition) is 1. The molecule has 6 heteroatoms. The molecule has 1 aromatic carbocycles. The molecule has 0 aliphatic carbocycles. The average Bonchev–Trinajstić information content (AvgIpc) is 2.48. The van der Waals surface area contributed by atoms with E-state index in [1.165, 1.54) is 0 Å². The minimum atomic E-state index is 0.321. The van der Waals surface area contributed by atoms with Gasteiger partial charge in [-0.05, 0) is 18.2 Å². The fourth-order valence-corrected chi connectivity index (χ4v) is 3.09. The van der Waals surface area contributed by atoms with Crippen molar-refractivity contribution in [2.75, 3.05) is 36.0 Å². The standard InChI is InChI=1S/C15H15Cl2N3O/c16-11-9-12(17)15(18-10-11)20-7-5-19(6-8-20)13-3-1-2-4-14(13)21/h1-4,9-10,21H,5-8H2/p+1. The number of halogens is 2. The van der Waals surface area contributed by atoms with Crippen LogP contribution >= 0.6 is 23.2 Å². The summed E-state index contributed by atoms with van der Waals surface area (Å²) < 4.78 is 0. The first-order chi connectivity index (χ1) is 10.1. The van der Waals surface area contributed by atoms with Crippen molar-refractivity contribution in [1.82, 2.24) is 0 Å². The molecule has 1 aromatic heterocycles. The van der Waals surface area contributed by atoms with Crippen LogP contribution in [-0.2, 0) is 0 Å². The summed E-state index contributed by atoms with van der Waals surface area (Å²) in [5.74, 6) is 1.21. The van der Waals surface area contributed by atoms with Gasteiger partial charge in [0, 0.05) is 0 Å². The lowest BCUT2D eigenvalue weighted by atomic mass is 10.2. The lowest BCUT2D eigenvalue weighted by molar-refractivity contribution is -0.363. The molecule has 0 spiro atoms. The summed E-state index contributed by atoms with van der Waals surface area (Å²) in [4.78, 5) is 7.50. The Morgan fingerprint density at radius 2 is 1.67 bits per heavy atom. The van der Waals surface area contributed by atoms with Crippen molar-refractivity contribution in [2.24, 2.45) is 0 Å². The highest BCUT2D eigenvalue weighted by Crippen LogP contribution is 2.29. The van der Waals surface area contributed by atoms with Crippen LogP contribution in [0.3, 0.4) is 0 Å². The number of H-pyrrole nitrogens is 1. The maximum atomic E-state index is 9.92. The number of hydrogen-bond acceptors (Lipinski definition) is 3. The Balaban J connectivity index is 1.72. The Hall–Kier alpha value is -1.65. The Morgan fingerprint density at radius 3 is 2.33 bits per heavy atom. The Morgan fingerprint density at radius 1 is 1.00 bits per heavy atom. The van der Waals surface area contributed by atoms with Crippen LogP contribution in [-0.4, -0.2) is 31.3 Å². The van der Waals surface area contributed by atoms with Gasteiger partial charge in [-0.2, -0.15) is 0 Å². The third kappa shape index (κ3) is 3.01. The third-order valence-electron chi connectivity index (χ3n) is 3.66. The van der Waals surface area contributed by atoms with Crippen LogP contribution in [0.15, 0.2) is 36.5 Å². The largest absolute Gasteiger partial charge is 0.506 e. The first-order valence-corrected chi connectivity index (χ1v) is 7.55. The van der Waals surface area contributed by atoms with Crippen molar-refractivity contribution in [3.8, 4) is 5.75 Å². The fourth-order valence-electron chi connectivity index (χ4n) is 2.58. The van der Waals surface area contributed by atoms with E-state index >= 15 is 0 Å². The summed E-state index contributed by atoms with van der Waals surface area (Å²) >= 11 is 12.1. The van der Waals surface area contributed by atoms with Crippen molar-refractivity contribution in [2.45, 2.75) is 0 Å². The zero-order valence-electron chi connectivity index (χ0n) is 11.4. The summed E-state index contributed by atoms with van der Waals surface area (Å²) in [7, 11) is 0. The lowest BCUT2D eigenvalue weighted by Crippen LogP contribution is -2.48. The van der Waals surface area contributed by atoms with E-state index in [0.29, 0.717) is 15.8 Å². The van der Waals surface area contributed by atoms with Gasteiger partial charge in [0.05, 0.1) is 23.8 Å². The van der Waals surface area contributed by atoms with E-state index in [9.17, 15) is 5.11 Å². The summed E-state index contributed by atoms with van der Waals surface area (Å²) in [6.45, 7) is 3.30. The molecule has 110 valence electrons. The van der Waals surface area contributed by atoms with Gasteiger partial charge in [-0.3, -0.25) is 4.90 Å². The molecule has 3 rings (SSSR count). The van der Waals surface area contributed by atoms with E-state index in [1.54, 1.807) is 18.3 Å². The maximum Gasteiger partial charge on any atom is 0.293 e. The molecule has 0 unspecified atom stereocenters. The smallest absolute Gasteiger partial charge is 0.293 e. The molecule has 2 aromatic rings. The molecule has 1 aliphatic rings. The van der Waals surface area contributed by atoms with E-state index in [0.717, 1.165) is 37.7 Å². The van der Waals surface area contributed by atoms with Gasteiger partial charge in [-0.1, -0.05) is 35.3 Å². The number of phenolic OH excluding ortho intramolecular Hbond substituents is 1. The van der Waals surface area contributed by atoms with Crippen molar-refractivity contribution in [1.29, 1.82) is 0 Å². The van der Waals surface area contributed by atoms with Gasteiger partial charge in [0.1, 0.15) is 30.1 Å². The maximum absolute atomic E-state index is 9.92. The minimum absolute atomic E-state index is 0.321. The van der Waals surface area contributed by atoms with Crippen LogP contribution < -0.4 is 14.8 Å². The number of nitrogens with zero attached hydrogens (tertiary/aromatic N) is 2. The quantitative estimate of drug-likeness (QED) is 0.923. The first-order valence-electron chi connectivity index (χ1n) is 6.80. The molecular formula is C15H16Cl2N3O+. The highest BCUT2D eigenvalue weighted by atomic mass is 35.5. The van der Waals surface area contributed by atoms with Gasteiger partial charge in [0.2, 0.25) is 0 Å². The number of phenols is 1. The van der Waals surface area contributed by atoms with Crippen molar-refractivity contribution >= 4 is 34.7 Å². The lowest BCUT2D eigenvalue weighted by Gasteiger charge is -2.33. The number of anilines is 2. The zero-order chi connectivity index (χ0) is 14.8. The molecule has 4 nitrogen and oxygen atoms in total. The van der Waals surface area contributed by atoms with E-state index in [4.69, 9.17) is 23.2 Å². The van der Waals surface area contributed by atoms with Gasteiger partial charge in [-0.15, -0.1) is 0 Å². The molecule has 0 atom stereocenters. The molecule has 0 bridgehead atoms. The highest BCUT2D eigenvalue weighted by Gasteiger charge is 2.26. The molecule has 1 aliphatic heterocycles. The molecule has 2 heterocycles. The van der Waals surface area contributed by atoms with E-state index < -0.39 is 0 Å². The molecule has 0 saturated carbocycles. The summed E-state index contributed by atoms with van der Waals surface area (Å²) in [5, 5.41) is 11.1. The van der Waals surface area contributed by atoms with Crippen molar-refractivity contribution < 1.29 is 10.1 Å². The second-order valence-electron chi connectivity index (χ2n) is 4.98. The van der Waals surface area contributed by atoms with Crippen molar-refractivity contribution in [3.63, 3.8) is 0 Å². The number of aromatic hydroxyl groups is 1. The third-order valence-corrected chi connectivity index (χ3v) is 4.16. The molecule has 1 fully saturated rings. The molecule has 0 radical (unpaired) electrons. The average molecular weight is 325 g/mol. The molecular weight excluding hydrogens is 309 g/mol. The number of para-hydroxylation sites is 2. The predicted octanol–water partition coefficient (Wildman–Crippen LogP) is 2.84. The van der Waals surface area contributed by atoms with Crippen LogP contribution in [0.4, 0.5) is 11.5 Å². The van der Waals surface area contributed by atoms with E-state index in [-0.39, 0.29) is 0 Å². The van der Waals surface area contributed by atoms with Crippen LogP contribution in [0.5, 0.6) is 5.75 Å². The number of aromatic nitrogens is 1. The number of aromatic amines is 1. The van der Waals surface area contributed by atoms with E-state index in [1.807, 2.05) is 18.2 Å². The molecule has 21 heavy (non-hydrogen) atoms. The van der Waals surface area contributed by atoms with Crippen molar-refractivity contribution in [3.05, 3.63) is 46.6 Å². The second kappa shape index (κ2) is 6.00. The predicted molar refractivity (Wildman–Crippen MR) is 85.6 cm³/mol. The number of benzene rings is 1. The second-order valence-corrected chi connectivity index (χ2v) is 5.82. The van der Waals surface area contributed by atoms with Gasteiger partial charge < -0.3 is 10.0 Å². The Labute approximate surface area is 133 Å². The van der Waals surface area contributed by atoms with Crippen LogP contribution in [0.2, 0.25) is 10.0 Å². The number of nitrogens with one attached hydrogen (secondary N) is 1. The molecule has 2 N–H and O–H groups in total. The topological polar surface area (TPSA) is 40.9 Å². The number of rotatable bonds is 2. The van der Waals surface area contributed by atoms with Crippen LogP contribution in [0.1, 0.15) is 0 Å². The fraction of sp³-hybridized carbons (Fsp3) is 0.267. The highest BCUT2D eigenvalue weighted by molar-refractivity contribution is 6.35. The minimum Gasteiger partial charge on any atom is -0.506 e. The first kappa shape index (κ1) is 14.3. The van der Waals surface area contributed by atoms with Gasteiger partial charge in [0.25, 0.3) is 5.82 Å². The monoisotopic (exact) mass is 324 g/mol. The summed E-state index contributed by atoms with van der Waals surface area (Å²) in [5.41, 5.74) is 0.878. The zero-order valence-corrected chi connectivity index (χ0v) is 12.9. The van der Waals surface area contributed by atoms with Gasteiger partial charge in [-0.25, -0.2) is 4.98 Å². The normalized spacial score (nSPS) is 15.3. The Bertz CT molecular complexity index is 643. The number of piperazine rings is 1. The van der Waals surface area contributed by atoms with Gasteiger partial charge >= 0.3 is 0 Å². The Kier molecular flexibility index (Phi) is 4.08. The summed E-state index contributed by atoms with van der Waals surface area (Å²) in [6, 6.07) is 9.16. The molecule has 0 amide bonds. The molecule has 1 saturated heterocycles. The summed E-state index contributed by atoms with van der Waals surface area (Å²) in [6.07, 6.45) is 1.73. The SMILES string of the molecule is Oc1ccccc1N1CCN(c2[nH+]cc(Cl)cc2Cl)CC1. The van der Waals surface area contributed by atoms with Gasteiger partial charge in [0.15, 0.2) is 0 Å². The van der Waals surface area contributed by atoms with E-state index in [2.05, 4.69) is 14.8 Å². The number of pyridine rings is 1. The van der Waals surface area contributed by atoms with Crippen LogP contribution in [0.25, 0.3) is 0 Å². The van der Waals surface area contributed by atoms with Crippen LogP contribution in [0, 0.1) is 0 Å².